The van der Waals surface area contributed by atoms with E-state index in [1.807, 2.05) is 24.1 Å². The second kappa shape index (κ2) is 8.27. The highest BCUT2D eigenvalue weighted by Crippen LogP contribution is 1.94. The van der Waals surface area contributed by atoms with Crippen LogP contribution in [0.3, 0.4) is 0 Å². The lowest BCUT2D eigenvalue weighted by Crippen LogP contribution is -2.24. The largest absolute Gasteiger partial charge is 0.383 e. The van der Waals surface area contributed by atoms with E-state index >= 15 is 0 Å². The number of methoxy groups -OCH3 is 1. The SMILES string of the molecule is COCCNCCCNCc1cncn1C. The summed E-state index contributed by atoms with van der Waals surface area (Å²) in [5, 5.41) is 6.70. The molecule has 0 fully saturated rings. The Kier molecular flexibility index (Phi) is 6.80. The summed E-state index contributed by atoms with van der Waals surface area (Å²) in [5.41, 5.74) is 1.22. The van der Waals surface area contributed by atoms with Gasteiger partial charge in [0.2, 0.25) is 0 Å². The van der Waals surface area contributed by atoms with Crippen molar-refractivity contribution in [1.29, 1.82) is 0 Å². The highest BCUT2D eigenvalue weighted by atomic mass is 16.5. The van der Waals surface area contributed by atoms with Gasteiger partial charge in [0.1, 0.15) is 0 Å². The average molecular weight is 226 g/mol. The lowest BCUT2D eigenvalue weighted by Gasteiger charge is -2.06. The summed E-state index contributed by atoms with van der Waals surface area (Å²) < 4.78 is 6.98. The Morgan fingerprint density at radius 3 is 2.81 bits per heavy atom. The highest BCUT2D eigenvalue weighted by Gasteiger charge is 1.96. The molecule has 16 heavy (non-hydrogen) atoms. The first-order chi connectivity index (χ1) is 7.84. The maximum Gasteiger partial charge on any atom is 0.0945 e. The molecule has 0 saturated carbocycles. The minimum Gasteiger partial charge on any atom is -0.383 e. The van der Waals surface area contributed by atoms with Gasteiger partial charge in [-0.05, 0) is 19.5 Å². The van der Waals surface area contributed by atoms with Crippen molar-refractivity contribution < 1.29 is 4.74 Å². The minimum atomic E-state index is 0.780. The fourth-order valence-corrected chi connectivity index (χ4v) is 1.41. The van der Waals surface area contributed by atoms with Crippen LogP contribution in [0.2, 0.25) is 0 Å². The molecule has 1 rings (SSSR count). The van der Waals surface area contributed by atoms with Crippen molar-refractivity contribution in [3.05, 3.63) is 18.2 Å². The monoisotopic (exact) mass is 226 g/mol. The summed E-state index contributed by atoms with van der Waals surface area (Å²) in [5.74, 6) is 0. The zero-order chi connectivity index (χ0) is 11.6. The molecule has 0 aliphatic heterocycles. The van der Waals surface area contributed by atoms with Gasteiger partial charge in [0.15, 0.2) is 0 Å². The van der Waals surface area contributed by atoms with E-state index in [-0.39, 0.29) is 0 Å². The quantitative estimate of drug-likeness (QED) is 0.588. The molecule has 92 valence electrons. The Morgan fingerprint density at radius 1 is 1.31 bits per heavy atom. The molecule has 0 unspecified atom stereocenters. The smallest absolute Gasteiger partial charge is 0.0945 e. The predicted molar refractivity (Wildman–Crippen MR) is 64.3 cm³/mol. The molecule has 1 aromatic heterocycles. The predicted octanol–water partition coefficient (Wildman–Crippen LogP) is 0.136. The Bertz CT molecular complexity index is 275. The molecule has 1 aromatic rings. The van der Waals surface area contributed by atoms with Gasteiger partial charge in [0.05, 0.1) is 18.6 Å². The molecule has 1 heterocycles. The Hall–Kier alpha value is -0.910. The van der Waals surface area contributed by atoms with Crippen molar-refractivity contribution in [3.63, 3.8) is 0 Å². The molecule has 0 spiro atoms. The third kappa shape index (κ3) is 5.25. The standard InChI is InChI=1S/C11H22N4O/c1-15-10-14-9-11(15)8-13-5-3-4-12-6-7-16-2/h9-10,12-13H,3-8H2,1-2H3. The van der Waals surface area contributed by atoms with Gasteiger partial charge in [0, 0.05) is 33.4 Å². The fourth-order valence-electron chi connectivity index (χ4n) is 1.41. The molecule has 0 aromatic carbocycles. The van der Waals surface area contributed by atoms with Gasteiger partial charge in [-0.1, -0.05) is 0 Å². The van der Waals surface area contributed by atoms with Crippen LogP contribution in [0.15, 0.2) is 12.5 Å². The summed E-state index contributed by atoms with van der Waals surface area (Å²) in [6, 6.07) is 0. The molecule has 0 radical (unpaired) electrons. The van der Waals surface area contributed by atoms with Crippen LogP contribution in [0.1, 0.15) is 12.1 Å². The Balaban J connectivity index is 1.91. The van der Waals surface area contributed by atoms with Gasteiger partial charge in [0.25, 0.3) is 0 Å². The van der Waals surface area contributed by atoms with E-state index in [0.29, 0.717) is 0 Å². The van der Waals surface area contributed by atoms with E-state index in [9.17, 15) is 0 Å². The number of nitrogens with zero attached hydrogens (tertiary/aromatic N) is 2. The molecule has 5 heteroatoms. The van der Waals surface area contributed by atoms with Crippen molar-refractivity contribution in [2.45, 2.75) is 13.0 Å². The molecule has 0 saturated heterocycles. The van der Waals surface area contributed by atoms with Crippen LogP contribution in [0.25, 0.3) is 0 Å². The second-order valence-corrected chi connectivity index (χ2v) is 3.77. The maximum atomic E-state index is 4.94. The lowest BCUT2D eigenvalue weighted by molar-refractivity contribution is 0.199. The average Bonchev–Trinajstić information content (AvgIpc) is 2.68. The van der Waals surface area contributed by atoms with E-state index in [0.717, 1.165) is 39.2 Å². The Labute approximate surface area is 97.2 Å². The first kappa shape index (κ1) is 13.2. The van der Waals surface area contributed by atoms with Gasteiger partial charge in [-0.25, -0.2) is 4.98 Å². The number of nitrogens with one attached hydrogen (secondary N) is 2. The molecular formula is C11H22N4O. The fraction of sp³-hybridized carbons (Fsp3) is 0.727. The first-order valence-corrected chi connectivity index (χ1v) is 5.70. The minimum absolute atomic E-state index is 0.780. The molecule has 2 N–H and O–H groups in total. The topological polar surface area (TPSA) is 51.1 Å². The van der Waals surface area contributed by atoms with E-state index in [1.54, 1.807) is 7.11 Å². The summed E-state index contributed by atoms with van der Waals surface area (Å²) in [7, 11) is 3.73. The van der Waals surface area contributed by atoms with Crippen LogP contribution < -0.4 is 10.6 Å². The third-order valence-corrected chi connectivity index (χ3v) is 2.41. The molecule has 0 bridgehead atoms. The van der Waals surface area contributed by atoms with Crippen molar-refractivity contribution in [1.82, 2.24) is 20.2 Å². The van der Waals surface area contributed by atoms with Gasteiger partial charge in [-0.3, -0.25) is 0 Å². The molecule has 0 amide bonds. The van der Waals surface area contributed by atoms with E-state index < -0.39 is 0 Å². The van der Waals surface area contributed by atoms with Crippen LogP contribution in [-0.4, -0.2) is 42.9 Å². The summed E-state index contributed by atoms with van der Waals surface area (Å²) in [6.45, 7) is 4.64. The van der Waals surface area contributed by atoms with E-state index in [1.165, 1.54) is 5.69 Å². The molecule has 0 atom stereocenters. The van der Waals surface area contributed by atoms with Crippen LogP contribution in [0.5, 0.6) is 0 Å². The molecule has 0 aliphatic rings. The van der Waals surface area contributed by atoms with Gasteiger partial charge in [-0.15, -0.1) is 0 Å². The maximum absolute atomic E-state index is 4.94. The van der Waals surface area contributed by atoms with Gasteiger partial charge < -0.3 is 19.9 Å². The van der Waals surface area contributed by atoms with Crippen LogP contribution in [0, 0.1) is 0 Å². The van der Waals surface area contributed by atoms with Gasteiger partial charge >= 0.3 is 0 Å². The number of hydrogen-bond donors (Lipinski definition) is 2. The van der Waals surface area contributed by atoms with Crippen molar-refractivity contribution in [2.24, 2.45) is 7.05 Å². The highest BCUT2D eigenvalue weighted by molar-refractivity contribution is 4.96. The number of hydrogen-bond acceptors (Lipinski definition) is 4. The summed E-state index contributed by atoms with van der Waals surface area (Å²) >= 11 is 0. The van der Waals surface area contributed by atoms with E-state index in [2.05, 4.69) is 15.6 Å². The number of imidazole rings is 1. The molecule has 5 nitrogen and oxygen atoms in total. The second-order valence-electron chi connectivity index (χ2n) is 3.77. The zero-order valence-electron chi connectivity index (χ0n) is 10.2. The summed E-state index contributed by atoms with van der Waals surface area (Å²) in [4.78, 5) is 4.07. The van der Waals surface area contributed by atoms with Crippen molar-refractivity contribution in [2.75, 3.05) is 33.4 Å². The zero-order valence-corrected chi connectivity index (χ0v) is 10.2. The molecule has 0 aliphatic carbocycles. The first-order valence-electron chi connectivity index (χ1n) is 5.70. The number of rotatable bonds is 9. The lowest BCUT2D eigenvalue weighted by atomic mass is 10.4. The van der Waals surface area contributed by atoms with Crippen LogP contribution >= 0.6 is 0 Å². The normalized spacial score (nSPS) is 10.9. The van der Waals surface area contributed by atoms with Gasteiger partial charge in [-0.2, -0.15) is 0 Å². The number of ether oxygens (including phenoxy) is 1. The van der Waals surface area contributed by atoms with Crippen LogP contribution in [0.4, 0.5) is 0 Å². The van der Waals surface area contributed by atoms with E-state index in [4.69, 9.17) is 4.74 Å². The number of aromatic nitrogens is 2. The third-order valence-electron chi connectivity index (χ3n) is 2.41. The Morgan fingerprint density at radius 2 is 2.12 bits per heavy atom. The van der Waals surface area contributed by atoms with Crippen LogP contribution in [-0.2, 0) is 18.3 Å². The van der Waals surface area contributed by atoms with Crippen molar-refractivity contribution in [3.8, 4) is 0 Å². The number of aryl methyl sites for hydroxylation is 1. The van der Waals surface area contributed by atoms with Crippen molar-refractivity contribution >= 4 is 0 Å². The molecular weight excluding hydrogens is 204 g/mol. The summed E-state index contributed by atoms with van der Waals surface area (Å²) in [6.07, 6.45) is 4.84.